The molecule has 1 saturated heterocycles. The molecule has 1 aliphatic rings. The maximum Gasteiger partial charge on any atom is 0.131 e. The van der Waals surface area contributed by atoms with Crippen LogP contribution in [0, 0.1) is 0 Å². The predicted octanol–water partition coefficient (Wildman–Crippen LogP) is 1.67. The summed E-state index contributed by atoms with van der Waals surface area (Å²) in [5.41, 5.74) is 0. The third kappa shape index (κ3) is 5.01. The van der Waals surface area contributed by atoms with E-state index in [1.807, 2.05) is 20.9 Å². The van der Waals surface area contributed by atoms with E-state index in [0.29, 0.717) is 19.2 Å². The van der Waals surface area contributed by atoms with Crippen LogP contribution in [-0.4, -0.2) is 37.1 Å². The second-order valence-corrected chi connectivity index (χ2v) is 3.14. The lowest BCUT2D eigenvalue weighted by molar-refractivity contribution is -0.120. The van der Waals surface area contributed by atoms with E-state index in [0.717, 1.165) is 13.0 Å². The molecule has 0 aromatic heterocycles. The van der Waals surface area contributed by atoms with Gasteiger partial charge in [-0.05, 0) is 20.4 Å². The van der Waals surface area contributed by atoms with Gasteiger partial charge in [0.2, 0.25) is 0 Å². The van der Waals surface area contributed by atoms with Gasteiger partial charge in [-0.15, -0.1) is 0 Å². The lowest BCUT2D eigenvalue weighted by Gasteiger charge is -2.31. The molecule has 3 heteroatoms. The molecular weight excluding hydrogens is 166 g/mol. The number of carbonyl (C=O) groups excluding carboxylic acids is 1. The molecule has 1 atom stereocenters. The van der Waals surface area contributed by atoms with Gasteiger partial charge in [-0.2, -0.15) is 0 Å². The number of ketones is 1. The number of nitrogens with zero attached hydrogens (tertiary/aromatic N) is 1. The average molecular weight is 187 g/mol. The van der Waals surface area contributed by atoms with Crippen molar-refractivity contribution in [3.8, 4) is 0 Å². The van der Waals surface area contributed by atoms with Gasteiger partial charge in [-0.25, -0.2) is 0 Å². The highest BCUT2D eigenvalue weighted by atomic mass is 16.5. The molecule has 1 heterocycles. The molecule has 0 bridgehead atoms. The number of hydrogen-bond donors (Lipinski definition) is 0. The van der Waals surface area contributed by atoms with E-state index >= 15 is 0 Å². The van der Waals surface area contributed by atoms with E-state index in [-0.39, 0.29) is 5.78 Å². The van der Waals surface area contributed by atoms with Crippen molar-refractivity contribution < 1.29 is 9.53 Å². The molecule has 0 aromatic carbocycles. The first-order valence-electron chi connectivity index (χ1n) is 4.97. The van der Waals surface area contributed by atoms with E-state index < -0.39 is 0 Å². The summed E-state index contributed by atoms with van der Waals surface area (Å²) in [5.74, 6) is 0.267. The molecule has 0 aromatic rings. The van der Waals surface area contributed by atoms with Crippen molar-refractivity contribution in [2.75, 3.05) is 20.4 Å². The highest BCUT2D eigenvalue weighted by Crippen LogP contribution is 2.12. The summed E-state index contributed by atoms with van der Waals surface area (Å²) in [6.45, 7) is 7.10. The first-order valence-corrected chi connectivity index (χ1v) is 4.97. The number of hydrogen-bond acceptors (Lipinski definition) is 3. The van der Waals surface area contributed by atoms with Crippen LogP contribution in [0.2, 0.25) is 0 Å². The molecule has 1 rings (SSSR count). The van der Waals surface area contributed by atoms with Crippen LogP contribution in [0.1, 0.15) is 33.6 Å². The topological polar surface area (TPSA) is 29.5 Å². The fourth-order valence-electron chi connectivity index (χ4n) is 1.34. The molecule has 78 valence electrons. The van der Waals surface area contributed by atoms with Crippen molar-refractivity contribution in [2.24, 2.45) is 0 Å². The summed E-state index contributed by atoms with van der Waals surface area (Å²) in [4.78, 5) is 12.9. The molecule has 1 aliphatic heterocycles. The molecule has 0 saturated carbocycles. The molecular formula is C10H21NO2. The highest BCUT2D eigenvalue weighted by Gasteiger charge is 2.19. The van der Waals surface area contributed by atoms with Gasteiger partial charge in [0.1, 0.15) is 5.78 Å². The molecule has 1 fully saturated rings. The standard InChI is InChI=1S/C8H15NO2.C2H6/c1-7(10)5-8-3-4-11-6-9(8)2;1-2/h8H,3-6H2,1-2H3;1-2H3. The van der Waals surface area contributed by atoms with Crippen LogP contribution in [0.15, 0.2) is 0 Å². The van der Waals surface area contributed by atoms with Crippen molar-refractivity contribution in [3.05, 3.63) is 0 Å². The molecule has 0 N–H and O–H groups in total. The lowest BCUT2D eigenvalue weighted by atomic mass is 10.1. The summed E-state index contributed by atoms with van der Waals surface area (Å²) in [5, 5.41) is 0. The van der Waals surface area contributed by atoms with Gasteiger partial charge < -0.3 is 4.74 Å². The molecule has 1 unspecified atom stereocenters. The van der Waals surface area contributed by atoms with Crippen molar-refractivity contribution in [2.45, 2.75) is 39.7 Å². The van der Waals surface area contributed by atoms with Crippen LogP contribution >= 0.6 is 0 Å². The first kappa shape index (κ1) is 12.6. The third-order valence-electron chi connectivity index (χ3n) is 2.04. The molecule has 0 spiro atoms. The molecule has 0 amide bonds. The molecule has 0 aliphatic carbocycles. The Balaban J connectivity index is 0.000000671. The summed E-state index contributed by atoms with van der Waals surface area (Å²) < 4.78 is 5.21. The third-order valence-corrected chi connectivity index (χ3v) is 2.04. The number of Topliss-reactive ketones (excluding diaryl/α,β-unsaturated/α-hetero) is 1. The van der Waals surface area contributed by atoms with E-state index in [1.165, 1.54) is 0 Å². The van der Waals surface area contributed by atoms with E-state index in [2.05, 4.69) is 4.90 Å². The molecule has 13 heavy (non-hydrogen) atoms. The van der Waals surface area contributed by atoms with Crippen LogP contribution in [0.3, 0.4) is 0 Å². The minimum atomic E-state index is 0.267. The van der Waals surface area contributed by atoms with Crippen molar-refractivity contribution in [1.82, 2.24) is 4.90 Å². The maximum atomic E-state index is 10.8. The van der Waals surface area contributed by atoms with Crippen LogP contribution in [0.5, 0.6) is 0 Å². The van der Waals surface area contributed by atoms with Gasteiger partial charge in [0, 0.05) is 19.1 Å². The van der Waals surface area contributed by atoms with Crippen LogP contribution in [-0.2, 0) is 9.53 Å². The second kappa shape index (κ2) is 7.04. The molecule has 3 nitrogen and oxygen atoms in total. The van der Waals surface area contributed by atoms with Gasteiger partial charge in [0.25, 0.3) is 0 Å². The zero-order chi connectivity index (χ0) is 10.3. The number of carbonyl (C=O) groups is 1. The Kier molecular flexibility index (Phi) is 6.82. The smallest absolute Gasteiger partial charge is 0.131 e. The minimum absolute atomic E-state index is 0.267. The Bertz CT molecular complexity index is 148. The average Bonchev–Trinajstić information content (AvgIpc) is 2.12. The Morgan fingerprint density at radius 1 is 1.54 bits per heavy atom. The molecule has 0 radical (unpaired) electrons. The van der Waals surface area contributed by atoms with Crippen molar-refractivity contribution in [3.63, 3.8) is 0 Å². The van der Waals surface area contributed by atoms with E-state index in [4.69, 9.17) is 4.74 Å². The van der Waals surface area contributed by atoms with Gasteiger partial charge >= 0.3 is 0 Å². The van der Waals surface area contributed by atoms with E-state index in [1.54, 1.807) is 6.92 Å². The summed E-state index contributed by atoms with van der Waals surface area (Å²) in [7, 11) is 1.99. The van der Waals surface area contributed by atoms with Crippen LogP contribution in [0.25, 0.3) is 0 Å². The largest absolute Gasteiger partial charge is 0.366 e. The van der Waals surface area contributed by atoms with Gasteiger partial charge in [-0.1, -0.05) is 13.8 Å². The Morgan fingerprint density at radius 2 is 2.15 bits per heavy atom. The normalized spacial score (nSPS) is 23.2. The lowest BCUT2D eigenvalue weighted by Crippen LogP contribution is -2.40. The predicted molar refractivity (Wildman–Crippen MR) is 53.6 cm³/mol. The quantitative estimate of drug-likeness (QED) is 0.658. The van der Waals surface area contributed by atoms with Crippen molar-refractivity contribution >= 4 is 5.78 Å². The van der Waals surface area contributed by atoms with Gasteiger partial charge in [0.05, 0.1) is 6.73 Å². The Labute approximate surface area is 81.1 Å². The maximum absolute atomic E-state index is 10.8. The number of rotatable bonds is 2. The zero-order valence-electron chi connectivity index (χ0n) is 9.17. The van der Waals surface area contributed by atoms with Crippen molar-refractivity contribution in [1.29, 1.82) is 0 Å². The minimum Gasteiger partial charge on any atom is -0.366 e. The Hall–Kier alpha value is -0.410. The fraction of sp³-hybridized carbons (Fsp3) is 0.900. The highest BCUT2D eigenvalue weighted by molar-refractivity contribution is 5.76. The Morgan fingerprint density at radius 3 is 2.62 bits per heavy atom. The monoisotopic (exact) mass is 187 g/mol. The summed E-state index contributed by atoms with van der Waals surface area (Å²) in [6.07, 6.45) is 1.65. The fourth-order valence-corrected chi connectivity index (χ4v) is 1.34. The van der Waals surface area contributed by atoms with Crippen LogP contribution < -0.4 is 0 Å². The summed E-state index contributed by atoms with van der Waals surface area (Å²) in [6, 6.07) is 0.404. The number of ether oxygens (including phenoxy) is 1. The SMILES string of the molecule is CC.CC(=O)CC1CCOCN1C. The van der Waals surface area contributed by atoms with Crippen LogP contribution in [0.4, 0.5) is 0 Å². The first-order chi connectivity index (χ1) is 6.20. The van der Waals surface area contributed by atoms with Gasteiger partial charge in [-0.3, -0.25) is 9.69 Å². The zero-order valence-corrected chi connectivity index (χ0v) is 9.17. The summed E-state index contributed by atoms with van der Waals surface area (Å²) >= 11 is 0. The van der Waals surface area contributed by atoms with Gasteiger partial charge in [0.15, 0.2) is 0 Å². The second-order valence-electron chi connectivity index (χ2n) is 3.14. The van der Waals surface area contributed by atoms with E-state index in [9.17, 15) is 4.79 Å².